The number of hydrogen-bond donors (Lipinski definition) is 0. The van der Waals surface area contributed by atoms with E-state index < -0.39 is 0 Å². The molecule has 0 aliphatic carbocycles. The number of methoxy groups -OCH3 is 1. The second-order valence-electron chi connectivity index (χ2n) is 3.54. The number of allylic oxidation sites excluding steroid dienone is 1. The number of ether oxygens (including phenoxy) is 1. The molecule has 0 bridgehead atoms. The third-order valence-corrected chi connectivity index (χ3v) is 2.75. The molecule has 0 N–H and O–H groups in total. The van der Waals surface area contributed by atoms with Gasteiger partial charge in [0.2, 0.25) is 0 Å². The van der Waals surface area contributed by atoms with Crippen molar-refractivity contribution < 1.29 is 9.53 Å². The summed E-state index contributed by atoms with van der Waals surface area (Å²) in [4.78, 5) is 11.6. The predicted octanol–water partition coefficient (Wildman–Crippen LogP) is 3.97. The monoisotopic (exact) mass is 294 g/mol. The van der Waals surface area contributed by atoms with Crippen molar-refractivity contribution in [1.82, 2.24) is 0 Å². The summed E-state index contributed by atoms with van der Waals surface area (Å²) < 4.78 is 5.74. The van der Waals surface area contributed by atoms with E-state index in [9.17, 15) is 4.79 Å². The van der Waals surface area contributed by atoms with E-state index in [0.717, 1.165) is 16.5 Å². The van der Waals surface area contributed by atoms with Crippen LogP contribution in [0.2, 0.25) is 0 Å². The molecular weight excluding hydrogens is 280 g/mol. The minimum Gasteiger partial charge on any atom is -0.466 e. The van der Waals surface area contributed by atoms with E-state index in [2.05, 4.69) is 22.5 Å². The smallest absolute Gasteiger partial charge is 0.333 e. The first kappa shape index (κ1) is 13.7. The molecule has 1 rings (SSSR count). The maximum Gasteiger partial charge on any atom is 0.333 e. The van der Waals surface area contributed by atoms with Gasteiger partial charge in [0.15, 0.2) is 0 Å². The average Bonchev–Trinajstić information content (AvgIpc) is 2.33. The average molecular weight is 295 g/mol. The number of carbonyl (C=O) groups is 1. The van der Waals surface area contributed by atoms with E-state index in [1.54, 1.807) is 6.08 Å². The molecule has 2 nitrogen and oxygen atoms in total. The summed E-state index contributed by atoms with van der Waals surface area (Å²) in [5.74, 6) is -0.285. The molecule has 17 heavy (non-hydrogen) atoms. The fraction of sp³-hybridized carbons (Fsp3) is 0.214. The number of benzene rings is 1. The Labute approximate surface area is 110 Å². The van der Waals surface area contributed by atoms with Gasteiger partial charge in [0.05, 0.1) is 7.11 Å². The topological polar surface area (TPSA) is 26.3 Å². The zero-order valence-electron chi connectivity index (χ0n) is 9.78. The SMILES string of the molecule is C=CCC/C(=C\c1cccc(Br)c1)C(=O)OC. The standard InChI is InChI=1S/C14H15BrO2/c1-3-4-7-12(14(16)17-2)9-11-6-5-8-13(15)10-11/h3,5-6,8-10H,1,4,7H2,2H3/b12-9+. The molecule has 0 aromatic heterocycles. The zero-order valence-corrected chi connectivity index (χ0v) is 11.4. The molecule has 0 radical (unpaired) electrons. The third kappa shape index (κ3) is 4.57. The van der Waals surface area contributed by atoms with Gasteiger partial charge in [-0.15, -0.1) is 6.58 Å². The van der Waals surface area contributed by atoms with Crippen LogP contribution in [-0.2, 0) is 9.53 Å². The second-order valence-corrected chi connectivity index (χ2v) is 4.46. The van der Waals surface area contributed by atoms with Crippen LogP contribution >= 0.6 is 15.9 Å². The van der Waals surface area contributed by atoms with Crippen LogP contribution in [0.4, 0.5) is 0 Å². The van der Waals surface area contributed by atoms with Gasteiger partial charge in [-0.05, 0) is 36.6 Å². The van der Waals surface area contributed by atoms with Crippen molar-refractivity contribution in [1.29, 1.82) is 0 Å². The molecule has 0 saturated carbocycles. The fourth-order valence-electron chi connectivity index (χ4n) is 1.42. The molecular formula is C14H15BrO2. The lowest BCUT2D eigenvalue weighted by molar-refractivity contribution is -0.136. The van der Waals surface area contributed by atoms with E-state index in [-0.39, 0.29) is 5.97 Å². The van der Waals surface area contributed by atoms with Gasteiger partial charge >= 0.3 is 5.97 Å². The summed E-state index contributed by atoms with van der Waals surface area (Å²) in [6.07, 6.45) is 5.04. The highest BCUT2D eigenvalue weighted by molar-refractivity contribution is 9.10. The number of rotatable bonds is 5. The highest BCUT2D eigenvalue weighted by Crippen LogP contribution is 2.17. The van der Waals surface area contributed by atoms with Crippen molar-refractivity contribution in [2.45, 2.75) is 12.8 Å². The highest BCUT2D eigenvalue weighted by atomic mass is 79.9. The lowest BCUT2D eigenvalue weighted by Gasteiger charge is -2.04. The molecule has 0 aliphatic rings. The van der Waals surface area contributed by atoms with E-state index in [0.29, 0.717) is 12.0 Å². The lowest BCUT2D eigenvalue weighted by Crippen LogP contribution is -2.04. The molecule has 0 saturated heterocycles. The molecule has 1 aromatic carbocycles. The van der Waals surface area contributed by atoms with Crippen molar-refractivity contribution >= 4 is 28.0 Å². The number of carbonyl (C=O) groups excluding carboxylic acids is 1. The molecule has 3 heteroatoms. The van der Waals surface area contributed by atoms with Crippen molar-refractivity contribution in [3.05, 3.63) is 52.5 Å². The number of halogens is 1. The van der Waals surface area contributed by atoms with Crippen LogP contribution in [0.3, 0.4) is 0 Å². The number of esters is 1. The van der Waals surface area contributed by atoms with Gasteiger partial charge in [0, 0.05) is 10.0 Å². The lowest BCUT2D eigenvalue weighted by atomic mass is 10.1. The van der Waals surface area contributed by atoms with Crippen LogP contribution in [0, 0.1) is 0 Å². The minimum atomic E-state index is -0.285. The summed E-state index contributed by atoms with van der Waals surface area (Å²) in [5.41, 5.74) is 1.63. The van der Waals surface area contributed by atoms with E-state index in [1.807, 2.05) is 30.3 Å². The van der Waals surface area contributed by atoms with Crippen LogP contribution in [-0.4, -0.2) is 13.1 Å². The van der Waals surface area contributed by atoms with Crippen molar-refractivity contribution in [3.63, 3.8) is 0 Å². The normalized spacial score (nSPS) is 11.1. The Bertz CT molecular complexity index is 436. The summed E-state index contributed by atoms with van der Waals surface area (Å²) in [6.45, 7) is 3.65. The molecule has 0 amide bonds. The first-order valence-corrected chi connectivity index (χ1v) is 6.12. The summed E-state index contributed by atoms with van der Waals surface area (Å²) >= 11 is 3.40. The van der Waals surface area contributed by atoms with Gasteiger partial charge in [-0.2, -0.15) is 0 Å². The van der Waals surface area contributed by atoms with Crippen molar-refractivity contribution in [2.75, 3.05) is 7.11 Å². The quantitative estimate of drug-likeness (QED) is 0.467. The molecule has 0 atom stereocenters. The molecule has 0 fully saturated rings. The predicted molar refractivity (Wildman–Crippen MR) is 73.6 cm³/mol. The molecule has 0 spiro atoms. The number of hydrogen-bond acceptors (Lipinski definition) is 2. The van der Waals surface area contributed by atoms with E-state index in [1.165, 1.54) is 7.11 Å². The van der Waals surface area contributed by atoms with Crippen LogP contribution < -0.4 is 0 Å². The first-order valence-electron chi connectivity index (χ1n) is 5.32. The molecule has 0 aliphatic heterocycles. The first-order chi connectivity index (χ1) is 8.17. The van der Waals surface area contributed by atoms with Crippen LogP contribution in [0.25, 0.3) is 6.08 Å². The Kier molecular flexibility index (Phi) is 5.70. The Hall–Kier alpha value is -1.35. The van der Waals surface area contributed by atoms with Gasteiger partial charge in [-0.25, -0.2) is 4.79 Å². The Morgan fingerprint density at radius 3 is 2.88 bits per heavy atom. The summed E-state index contributed by atoms with van der Waals surface area (Å²) in [6, 6.07) is 7.77. The van der Waals surface area contributed by atoms with Gasteiger partial charge in [-0.3, -0.25) is 0 Å². The maximum absolute atomic E-state index is 11.6. The second kappa shape index (κ2) is 7.07. The summed E-state index contributed by atoms with van der Waals surface area (Å²) in [5, 5.41) is 0. The Morgan fingerprint density at radius 1 is 1.53 bits per heavy atom. The van der Waals surface area contributed by atoms with Gasteiger partial charge in [0.25, 0.3) is 0 Å². The Morgan fingerprint density at radius 2 is 2.29 bits per heavy atom. The summed E-state index contributed by atoms with van der Waals surface area (Å²) in [7, 11) is 1.39. The van der Waals surface area contributed by atoms with E-state index in [4.69, 9.17) is 4.74 Å². The van der Waals surface area contributed by atoms with Crippen LogP contribution in [0.15, 0.2) is 47.0 Å². The fourth-order valence-corrected chi connectivity index (χ4v) is 1.84. The molecule has 0 heterocycles. The molecule has 1 aromatic rings. The van der Waals surface area contributed by atoms with Crippen molar-refractivity contribution in [2.24, 2.45) is 0 Å². The van der Waals surface area contributed by atoms with Gasteiger partial charge in [0.1, 0.15) is 0 Å². The van der Waals surface area contributed by atoms with Crippen LogP contribution in [0.5, 0.6) is 0 Å². The zero-order chi connectivity index (χ0) is 12.7. The minimum absolute atomic E-state index is 0.285. The van der Waals surface area contributed by atoms with E-state index >= 15 is 0 Å². The van der Waals surface area contributed by atoms with Crippen LogP contribution in [0.1, 0.15) is 18.4 Å². The van der Waals surface area contributed by atoms with Gasteiger partial charge < -0.3 is 4.74 Å². The van der Waals surface area contributed by atoms with Gasteiger partial charge in [-0.1, -0.05) is 34.1 Å². The molecule has 90 valence electrons. The maximum atomic E-state index is 11.6. The molecule has 0 unspecified atom stereocenters. The largest absolute Gasteiger partial charge is 0.466 e. The highest BCUT2D eigenvalue weighted by Gasteiger charge is 2.08. The van der Waals surface area contributed by atoms with Crippen molar-refractivity contribution in [3.8, 4) is 0 Å². The Balaban J connectivity index is 2.95. The third-order valence-electron chi connectivity index (χ3n) is 2.25.